The summed E-state index contributed by atoms with van der Waals surface area (Å²) in [5.41, 5.74) is 2.11. The summed E-state index contributed by atoms with van der Waals surface area (Å²) in [4.78, 5) is 0. The monoisotopic (exact) mass is 286 g/mol. The number of nitrogens with one attached hydrogen (secondary N) is 1. The molecular weight excluding hydrogens is 268 g/mol. The first-order chi connectivity index (χ1) is 10.4. The van der Waals surface area contributed by atoms with Crippen molar-refractivity contribution >= 4 is 0 Å². The van der Waals surface area contributed by atoms with Gasteiger partial charge in [-0.25, -0.2) is 4.68 Å². The van der Waals surface area contributed by atoms with E-state index in [1.165, 1.54) is 12.8 Å². The first kappa shape index (κ1) is 12.6. The highest BCUT2D eigenvalue weighted by molar-refractivity contribution is 5.44. The van der Waals surface area contributed by atoms with Crippen molar-refractivity contribution in [1.29, 1.82) is 0 Å². The molecular formula is C15H18N4O2. The molecule has 21 heavy (non-hydrogen) atoms. The van der Waals surface area contributed by atoms with E-state index in [4.69, 9.17) is 9.47 Å². The van der Waals surface area contributed by atoms with Gasteiger partial charge >= 0.3 is 0 Å². The van der Waals surface area contributed by atoms with Gasteiger partial charge in [-0.15, -0.1) is 5.10 Å². The van der Waals surface area contributed by atoms with Crippen molar-refractivity contribution in [3.63, 3.8) is 0 Å². The number of nitrogens with zero attached hydrogens (tertiary/aromatic N) is 3. The molecule has 1 aliphatic carbocycles. The zero-order chi connectivity index (χ0) is 14.1. The number of benzene rings is 1. The zero-order valence-electron chi connectivity index (χ0n) is 11.8. The van der Waals surface area contributed by atoms with E-state index < -0.39 is 0 Å². The molecule has 0 radical (unpaired) electrons. The van der Waals surface area contributed by atoms with E-state index in [0.29, 0.717) is 13.3 Å². The van der Waals surface area contributed by atoms with Crippen molar-refractivity contribution in [3.8, 4) is 11.5 Å². The predicted octanol–water partition coefficient (Wildman–Crippen LogP) is 1.55. The molecule has 1 aromatic heterocycles. The maximum atomic E-state index is 5.39. The highest BCUT2D eigenvalue weighted by atomic mass is 16.7. The first-order valence-corrected chi connectivity index (χ1v) is 7.35. The number of rotatable bonds is 6. The largest absolute Gasteiger partial charge is 0.454 e. The van der Waals surface area contributed by atoms with Gasteiger partial charge < -0.3 is 14.8 Å². The summed E-state index contributed by atoms with van der Waals surface area (Å²) in [6.07, 6.45) is 4.72. The van der Waals surface area contributed by atoms with E-state index in [1.54, 1.807) is 0 Å². The van der Waals surface area contributed by atoms with Crippen LogP contribution in [-0.4, -0.2) is 28.3 Å². The van der Waals surface area contributed by atoms with Gasteiger partial charge in [0.25, 0.3) is 0 Å². The van der Waals surface area contributed by atoms with E-state index in [9.17, 15) is 0 Å². The van der Waals surface area contributed by atoms with Crippen LogP contribution in [0.4, 0.5) is 0 Å². The Morgan fingerprint density at radius 3 is 3.05 bits per heavy atom. The molecule has 2 aromatic rings. The van der Waals surface area contributed by atoms with Crippen LogP contribution in [0.1, 0.15) is 24.1 Å². The Labute approximate surface area is 123 Å². The summed E-state index contributed by atoms with van der Waals surface area (Å²) in [6.45, 7) is 2.87. The second-order valence-electron chi connectivity index (χ2n) is 5.67. The van der Waals surface area contributed by atoms with Gasteiger partial charge in [-0.2, -0.15) is 0 Å². The van der Waals surface area contributed by atoms with Gasteiger partial charge in [0.15, 0.2) is 11.5 Å². The van der Waals surface area contributed by atoms with E-state index in [0.717, 1.165) is 41.8 Å². The van der Waals surface area contributed by atoms with Gasteiger partial charge in [0.2, 0.25) is 6.79 Å². The smallest absolute Gasteiger partial charge is 0.231 e. The van der Waals surface area contributed by atoms with Crippen LogP contribution in [0.15, 0.2) is 24.4 Å². The Kier molecular flexibility index (Phi) is 3.23. The first-order valence-electron chi connectivity index (χ1n) is 7.35. The minimum Gasteiger partial charge on any atom is -0.454 e. The van der Waals surface area contributed by atoms with Gasteiger partial charge in [0, 0.05) is 6.54 Å². The standard InChI is InChI=1S/C15H18N4O2/c1-2-11(1)6-16-7-13-9-19(18-17-13)8-12-3-4-14-15(5-12)21-10-20-14/h3-5,9,11,16H,1-2,6-8,10H2. The summed E-state index contributed by atoms with van der Waals surface area (Å²) in [6, 6.07) is 5.96. The van der Waals surface area contributed by atoms with Crippen LogP contribution in [0, 0.1) is 5.92 Å². The summed E-state index contributed by atoms with van der Waals surface area (Å²) in [5.74, 6) is 2.50. The maximum Gasteiger partial charge on any atom is 0.231 e. The Morgan fingerprint density at radius 2 is 2.14 bits per heavy atom. The van der Waals surface area contributed by atoms with Crippen LogP contribution in [0.2, 0.25) is 0 Å². The van der Waals surface area contributed by atoms with Gasteiger partial charge in [0.05, 0.1) is 18.4 Å². The average molecular weight is 286 g/mol. The molecule has 110 valence electrons. The Bertz CT molecular complexity index is 636. The fourth-order valence-electron chi connectivity index (χ4n) is 2.45. The number of fused-ring (bicyclic) bond motifs is 1. The molecule has 0 unspecified atom stereocenters. The molecule has 0 amide bonds. The van der Waals surface area contributed by atoms with Crippen LogP contribution in [0.25, 0.3) is 0 Å². The lowest BCUT2D eigenvalue weighted by Gasteiger charge is -2.02. The van der Waals surface area contributed by atoms with E-state index in [1.807, 2.05) is 29.1 Å². The molecule has 0 spiro atoms. The van der Waals surface area contributed by atoms with E-state index >= 15 is 0 Å². The normalized spacial score (nSPS) is 16.4. The lowest BCUT2D eigenvalue weighted by atomic mass is 10.2. The van der Waals surface area contributed by atoms with Crippen molar-refractivity contribution in [2.45, 2.75) is 25.9 Å². The van der Waals surface area contributed by atoms with Crippen LogP contribution in [0.3, 0.4) is 0 Å². The summed E-state index contributed by atoms with van der Waals surface area (Å²) in [7, 11) is 0. The molecule has 1 N–H and O–H groups in total. The molecule has 1 saturated carbocycles. The number of ether oxygens (including phenoxy) is 2. The zero-order valence-corrected chi connectivity index (χ0v) is 11.8. The summed E-state index contributed by atoms with van der Waals surface area (Å²) < 4.78 is 12.5. The third kappa shape index (κ3) is 3.00. The highest BCUT2D eigenvalue weighted by Gasteiger charge is 2.20. The third-order valence-corrected chi connectivity index (χ3v) is 3.80. The number of hydrogen-bond donors (Lipinski definition) is 1. The Morgan fingerprint density at radius 1 is 1.24 bits per heavy atom. The fraction of sp³-hybridized carbons (Fsp3) is 0.467. The molecule has 0 saturated heterocycles. The quantitative estimate of drug-likeness (QED) is 0.873. The lowest BCUT2D eigenvalue weighted by molar-refractivity contribution is 0.174. The van der Waals surface area contributed by atoms with Crippen LogP contribution in [0.5, 0.6) is 11.5 Å². The van der Waals surface area contributed by atoms with Gasteiger partial charge in [0.1, 0.15) is 0 Å². The summed E-state index contributed by atoms with van der Waals surface area (Å²) in [5, 5.41) is 11.8. The molecule has 2 heterocycles. The van der Waals surface area contributed by atoms with Crippen molar-refractivity contribution in [3.05, 3.63) is 35.7 Å². The van der Waals surface area contributed by atoms with Gasteiger partial charge in [-0.1, -0.05) is 11.3 Å². The van der Waals surface area contributed by atoms with Crippen molar-refractivity contribution < 1.29 is 9.47 Å². The molecule has 0 atom stereocenters. The van der Waals surface area contributed by atoms with Crippen molar-refractivity contribution in [1.82, 2.24) is 20.3 Å². The average Bonchev–Trinajstić information content (AvgIpc) is 3.01. The number of hydrogen-bond acceptors (Lipinski definition) is 5. The molecule has 0 bridgehead atoms. The van der Waals surface area contributed by atoms with Crippen LogP contribution < -0.4 is 14.8 Å². The Balaban J connectivity index is 1.36. The van der Waals surface area contributed by atoms with Crippen molar-refractivity contribution in [2.75, 3.05) is 13.3 Å². The molecule has 4 rings (SSSR count). The maximum absolute atomic E-state index is 5.39. The molecule has 1 aliphatic heterocycles. The number of aromatic nitrogens is 3. The molecule has 6 nitrogen and oxygen atoms in total. The molecule has 6 heteroatoms. The van der Waals surface area contributed by atoms with E-state index in [2.05, 4.69) is 15.6 Å². The third-order valence-electron chi connectivity index (χ3n) is 3.80. The van der Waals surface area contributed by atoms with Gasteiger partial charge in [-0.3, -0.25) is 0 Å². The summed E-state index contributed by atoms with van der Waals surface area (Å²) >= 11 is 0. The van der Waals surface area contributed by atoms with Gasteiger partial charge in [-0.05, 0) is 43.0 Å². The minimum atomic E-state index is 0.304. The van der Waals surface area contributed by atoms with E-state index in [-0.39, 0.29) is 0 Å². The second-order valence-corrected chi connectivity index (χ2v) is 5.67. The highest BCUT2D eigenvalue weighted by Crippen LogP contribution is 2.32. The lowest BCUT2D eigenvalue weighted by Crippen LogP contribution is -2.16. The second kappa shape index (κ2) is 5.37. The predicted molar refractivity (Wildman–Crippen MR) is 76.1 cm³/mol. The molecule has 1 aromatic carbocycles. The van der Waals surface area contributed by atoms with Crippen LogP contribution in [-0.2, 0) is 13.1 Å². The van der Waals surface area contributed by atoms with Crippen molar-refractivity contribution in [2.24, 2.45) is 5.92 Å². The Hall–Kier alpha value is -2.08. The van der Waals surface area contributed by atoms with Crippen LogP contribution >= 0.6 is 0 Å². The fourth-order valence-corrected chi connectivity index (χ4v) is 2.45. The topological polar surface area (TPSA) is 61.2 Å². The molecule has 1 fully saturated rings. The minimum absolute atomic E-state index is 0.304. The molecule has 2 aliphatic rings. The SMILES string of the molecule is c1cc2c(cc1Cn1cc(CNCC3CC3)nn1)OCO2.